The minimum Gasteiger partial charge on any atom is -0.403 e. The Balaban J connectivity index is 1.85. The average Bonchev–Trinajstić information content (AvgIpc) is 2.56. The van der Waals surface area contributed by atoms with Gasteiger partial charge in [-0.2, -0.15) is 0 Å². The molecule has 0 spiro atoms. The minimum absolute atomic E-state index is 0.364. The Morgan fingerprint density at radius 3 is 2.42 bits per heavy atom. The maximum atomic E-state index is 13.8. The van der Waals surface area contributed by atoms with Gasteiger partial charge >= 0.3 is 6.36 Å². The molecule has 4 nitrogen and oxygen atoms in total. The van der Waals surface area contributed by atoms with E-state index in [9.17, 15) is 17.6 Å². The number of hydrogen-bond donors (Lipinski definition) is 0. The van der Waals surface area contributed by atoms with E-state index in [1.54, 1.807) is 6.07 Å². The van der Waals surface area contributed by atoms with Gasteiger partial charge in [0.25, 0.3) is 0 Å². The number of alkyl halides is 3. The molecule has 128 valence electrons. The third kappa shape index (κ3) is 3.93. The Labute approximate surface area is 136 Å². The molecule has 1 aliphatic heterocycles. The van der Waals surface area contributed by atoms with Crippen LogP contribution in [-0.2, 0) is 0 Å². The van der Waals surface area contributed by atoms with Crippen LogP contribution in [0.2, 0.25) is 0 Å². The number of hydrogen-bond acceptors (Lipinski definition) is 4. The van der Waals surface area contributed by atoms with E-state index < -0.39 is 17.9 Å². The van der Waals surface area contributed by atoms with Gasteiger partial charge in [-0.1, -0.05) is 0 Å². The third-order valence-corrected chi connectivity index (χ3v) is 3.79. The molecule has 3 rings (SSSR count). The molecule has 0 aliphatic carbocycles. The fourth-order valence-corrected chi connectivity index (χ4v) is 2.67. The van der Waals surface area contributed by atoms with E-state index >= 15 is 0 Å². The summed E-state index contributed by atoms with van der Waals surface area (Å²) in [4.78, 5) is 10.4. The minimum atomic E-state index is -4.93. The highest BCUT2D eigenvalue weighted by atomic mass is 19.4. The van der Waals surface area contributed by atoms with Crippen molar-refractivity contribution >= 4 is 5.82 Å². The highest BCUT2D eigenvalue weighted by molar-refractivity contribution is 5.63. The zero-order valence-corrected chi connectivity index (χ0v) is 12.7. The summed E-state index contributed by atoms with van der Waals surface area (Å²) in [6.07, 6.45) is -0.217. The molecule has 1 fully saturated rings. The molecule has 0 radical (unpaired) electrons. The zero-order chi connectivity index (χ0) is 17.2. The first-order valence-electron chi connectivity index (χ1n) is 7.55. The maximum absolute atomic E-state index is 13.8. The molecular formula is C16H15F4N3O. The molecule has 0 amide bonds. The second kappa shape index (κ2) is 6.62. The van der Waals surface area contributed by atoms with Crippen LogP contribution in [0.15, 0.2) is 30.6 Å². The normalized spacial score (nSPS) is 15.4. The first kappa shape index (κ1) is 16.5. The summed E-state index contributed by atoms with van der Waals surface area (Å²) in [6, 6.07) is 4.97. The van der Waals surface area contributed by atoms with Crippen LogP contribution in [0.1, 0.15) is 19.3 Å². The lowest BCUT2D eigenvalue weighted by Gasteiger charge is -2.27. The Kier molecular flexibility index (Phi) is 4.55. The highest BCUT2D eigenvalue weighted by Gasteiger charge is 2.32. The van der Waals surface area contributed by atoms with Gasteiger partial charge in [0.05, 0.1) is 5.69 Å². The van der Waals surface area contributed by atoms with Gasteiger partial charge in [-0.3, -0.25) is 0 Å². The molecule has 1 saturated heterocycles. The van der Waals surface area contributed by atoms with Crippen molar-refractivity contribution in [3.05, 3.63) is 36.4 Å². The van der Waals surface area contributed by atoms with Crippen LogP contribution in [0.5, 0.6) is 5.75 Å². The van der Waals surface area contributed by atoms with E-state index in [0.717, 1.165) is 43.9 Å². The summed E-state index contributed by atoms with van der Waals surface area (Å²) in [5, 5.41) is 0. The number of anilines is 1. The Bertz CT molecular complexity index is 715. The molecule has 2 aromatic rings. The summed E-state index contributed by atoms with van der Waals surface area (Å²) in [6.45, 7) is 1.78. The van der Waals surface area contributed by atoms with Crippen LogP contribution in [0.25, 0.3) is 11.3 Å². The van der Waals surface area contributed by atoms with Crippen LogP contribution in [0, 0.1) is 5.82 Å². The van der Waals surface area contributed by atoms with Crippen molar-refractivity contribution in [2.45, 2.75) is 25.6 Å². The van der Waals surface area contributed by atoms with E-state index in [0.29, 0.717) is 11.3 Å². The summed E-state index contributed by atoms with van der Waals surface area (Å²) in [5.74, 6) is -1.23. The predicted octanol–water partition coefficient (Wildman–Crippen LogP) is 4.17. The van der Waals surface area contributed by atoms with Crippen molar-refractivity contribution in [2.24, 2.45) is 0 Å². The molecule has 2 heterocycles. The van der Waals surface area contributed by atoms with E-state index in [1.807, 2.05) is 0 Å². The quantitative estimate of drug-likeness (QED) is 0.786. The zero-order valence-electron chi connectivity index (χ0n) is 12.7. The van der Waals surface area contributed by atoms with Gasteiger partial charge in [-0.05, 0) is 37.5 Å². The second-order valence-corrected chi connectivity index (χ2v) is 5.50. The topological polar surface area (TPSA) is 38.2 Å². The number of ether oxygens (including phenoxy) is 1. The molecule has 24 heavy (non-hydrogen) atoms. The molecule has 0 bridgehead atoms. The van der Waals surface area contributed by atoms with E-state index in [1.165, 1.54) is 18.8 Å². The van der Waals surface area contributed by atoms with Crippen LogP contribution in [0.3, 0.4) is 0 Å². The van der Waals surface area contributed by atoms with Crippen LogP contribution in [-0.4, -0.2) is 29.4 Å². The number of aromatic nitrogens is 2. The van der Waals surface area contributed by atoms with Crippen LogP contribution in [0.4, 0.5) is 23.4 Å². The highest BCUT2D eigenvalue weighted by Crippen LogP contribution is 2.30. The Morgan fingerprint density at radius 2 is 1.75 bits per heavy atom. The first-order valence-corrected chi connectivity index (χ1v) is 7.55. The SMILES string of the molecule is Fc1cc(-c2cc(N3CCCCC3)ncn2)ccc1OC(F)(F)F. The number of nitrogens with zero attached hydrogens (tertiary/aromatic N) is 3. The second-order valence-electron chi connectivity index (χ2n) is 5.50. The molecule has 0 atom stereocenters. The van der Waals surface area contributed by atoms with Crippen molar-refractivity contribution in [1.82, 2.24) is 9.97 Å². The van der Waals surface area contributed by atoms with Crippen molar-refractivity contribution in [3.63, 3.8) is 0 Å². The molecule has 1 aromatic carbocycles. The van der Waals surface area contributed by atoms with Crippen LogP contribution < -0.4 is 9.64 Å². The van der Waals surface area contributed by atoms with Gasteiger partial charge in [0.2, 0.25) is 0 Å². The fraction of sp³-hybridized carbons (Fsp3) is 0.375. The molecule has 1 aromatic heterocycles. The number of rotatable bonds is 3. The fourth-order valence-electron chi connectivity index (χ4n) is 2.67. The van der Waals surface area contributed by atoms with Gasteiger partial charge < -0.3 is 9.64 Å². The smallest absolute Gasteiger partial charge is 0.403 e. The summed E-state index contributed by atoms with van der Waals surface area (Å²) in [7, 11) is 0. The molecule has 0 N–H and O–H groups in total. The third-order valence-electron chi connectivity index (χ3n) is 3.79. The number of piperidine rings is 1. The maximum Gasteiger partial charge on any atom is 0.573 e. The molecule has 0 saturated carbocycles. The molecule has 1 aliphatic rings. The summed E-state index contributed by atoms with van der Waals surface area (Å²) < 4.78 is 54.0. The Morgan fingerprint density at radius 1 is 1.00 bits per heavy atom. The average molecular weight is 341 g/mol. The van der Waals surface area contributed by atoms with E-state index in [-0.39, 0.29) is 0 Å². The van der Waals surface area contributed by atoms with Crippen molar-refractivity contribution < 1.29 is 22.3 Å². The van der Waals surface area contributed by atoms with Crippen LogP contribution >= 0.6 is 0 Å². The largest absolute Gasteiger partial charge is 0.573 e. The van der Waals surface area contributed by atoms with E-state index in [2.05, 4.69) is 19.6 Å². The van der Waals surface area contributed by atoms with Crippen molar-refractivity contribution in [2.75, 3.05) is 18.0 Å². The number of halogens is 4. The van der Waals surface area contributed by atoms with Gasteiger partial charge in [-0.15, -0.1) is 13.2 Å². The van der Waals surface area contributed by atoms with Crippen molar-refractivity contribution in [1.29, 1.82) is 0 Å². The molecule has 8 heteroatoms. The molecule has 0 unspecified atom stereocenters. The molecular weight excluding hydrogens is 326 g/mol. The lowest BCUT2D eigenvalue weighted by molar-refractivity contribution is -0.275. The lowest BCUT2D eigenvalue weighted by atomic mass is 10.1. The first-order chi connectivity index (χ1) is 11.4. The predicted molar refractivity (Wildman–Crippen MR) is 80.2 cm³/mol. The van der Waals surface area contributed by atoms with Gasteiger partial charge in [0.15, 0.2) is 11.6 Å². The summed E-state index contributed by atoms with van der Waals surface area (Å²) in [5.41, 5.74) is 0.811. The van der Waals surface area contributed by atoms with Gasteiger partial charge in [0, 0.05) is 24.7 Å². The van der Waals surface area contributed by atoms with Crippen molar-refractivity contribution in [3.8, 4) is 17.0 Å². The summed E-state index contributed by atoms with van der Waals surface area (Å²) >= 11 is 0. The van der Waals surface area contributed by atoms with Gasteiger partial charge in [0.1, 0.15) is 12.1 Å². The standard InChI is InChI=1S/C16H15F4N3O/c17-12-8-11(4-5-14(12)24-16(18,19)20)13-9-15(22-10-21-13)23-6-2-1-3-7-23/h4-5,8-10H,1-3,6-7H2. The monoisotopic (exact) mass is 341 g/mol. The van der Waals surface area contributed by atoms with E-state index in [4.69, 9.17) is 0 Å². The number of benzene rings is 1. The Hall–Kier alpha value is -2.38. The van der Waals surface area contributed by atoms with Gasteiger partial charge in [-0.25, -0.2) is 14.4 Å². The lowest BCUT2D eigenvalue weighted by Crippen LogP contribution is -2.30.